The number of amides is 2. The largest absolute Gasteiger partial charge is 0.481 e. The van der Waals surface area contributed by atoms with Gasteiger partial charge in [0.2, 0.25) is 0 Å². The molecule has 2 saturated heterocycles. The monoisotopic (exact) mass is 296 g/mol. The zero-order valence-electron chi connectivity index (χ0n) is 11.1. The van der Waals surface area contributed by atoms with Crippen molar-refractivity contribution >= 4 is 17.7 Å². The molecular weight excluding hydrogens is 282 g/mol. The molecule has 2 amide bonds. The van der Waals surface area contributed by atoms with E-state index in [1.165, 1.54) is 17.0 Å². The third-order valence-electron chi connectivity index (χ3n) is 4.28. The van der Waals surface area contributed by atoms with E-state index < -0.39 is 29.6 Å². The number of hydrogen-bond donors (Lipinski definition) is 2. The molecule has 3 unspecified atom stereocenters. The van der Waals surface area contributed by atoms with Gasteiger partial charge in [0.1, 0.15) is 0 Å². The van der Waals surface area contributed by atoms with Crippen molar-refractivity contribution in [2.24, 2.45) is 5.92 Å². The lowest BCUT2D eigenvalue weighted by atomic mass is 9.89. The number of anilines is 1. The number of carboxylic acid groups (broad SMARTS) is 1. The second-order valence-electron chi connectivity index (χ2n) is 5.42. The van der Waals surface area contributed by atoms with Crippen LogP contribution in [-0.2, 0) is 4.79 Å². The summed E-state index contributed by atoms with van der Waals surface area (Å²) in [6, 6.07) is 2.44. The Kier molecular flexibility index (Phi) is 3.27. The standard InChI is InChI=1S/C14H14F2N2O3/c15-9-2-1-3-10(12(9)16)17-14(21)18-7-4-5-11(18)8(6-7)13(19)20/h1-3,7-8,11H,4-6H2,(H,17,21)(H,19,20). The van der Waals surface area contributed by atoms with Crippen LogP contribution in [0, 0.1) is 17.6 Å². The molecule has 2 bridgehead atoms. The highest BCUT2D eigenvalue weighted by atomic mass is 19.2. The molecule has 2 heterocycles. The maximum atomic E-state index is 13.6. The SMILES string of the molecule is O=C(O)C1CC2CCC1N2C(=O)Nc1cccc(F)c1F. The number of aliphatic carboxylic acids is 1. The number of carboxylic acids is 1. The first-order chi connectivity index (χ1) is 9.99. The van der Waals surface area contributed by atoms with E-state index in [1.807, 2.05) is 0 Å². The minimum atomic E-state index is -1.12. The number of carbonyl (C=O) groups excluding carboxylic acids is 1. The van der Waals surface area contributed by atoms with E-state index >= 15 is 0 Å². The molecule has 21 heavy (non-hydrogen) atoms. The van der Waals surface area contributed by atoms with Crippen LogP contribution in [0.5, 0.6) is 0 Å². The summed E-state index contributed by atoms with van der Waals surface area (Å²) in [7, 11) is 0. The molecule has 7 heteroatoms. The Morgan fingerprint density at radius 1 is 1.29 bits per heavy atom. The van der Waals surface area contributed by atoms with Gasteiger partial charge in [0, 0.05) is 12.1 Å². The van der Waals surface area contributed by atoms with Crippen molar-refractivity contribution in [2.45, 2.75) is 31.3 Å². The lowest BCUT2D eigenvalue weighted by molar-refractivity contribution is -0.142. The molecule has 0 saturated carbocycles. The number of urea groups is 1. The Balaban J connectivity index is 1.78. The highest BCUT2D eigenvalue weighted by molar-refractivity contribution is 5.91. The van der Waals surface area contributed by atoms with Crippen LogP contribution in [0.2, 0.25) is 0 Å². The summed E-state index contributed by atoms with van der Waals surface area (Å²) in [5, 5.41) is 11.5. The molecule has 5 nitrogen and oxygen atoms in total. The van der Waals surface area contributed by atoms with Crippen molar-refractivity contribution in [3.63, 3.8) is 0 Å². The normalized spacial score (nSPS) is 27.0. The van der Waals surface area contributed by atoms with Gasteiger partial charge in [-0.2, -0.15) is 0 Å². The highest BCUT2D eigenvalue weighted by Gasteiger charge is 2.51. The number of fused-ring (bicyclic) bond motifs is 2. The smallest absolute Gasteiger partial charge is 0.322 e. The zero-order valence-corrected chi connectivity index (χ0v) is 11.1. The summed E-state index contributed by atoms with van der Waals surface area (Å²) in [5.41, 5.74) is -0.238. The fourth-order valence-electron chi connectivity index (χ4n) is 3.35. The van der Waals surface area contributed by atoms with E-state index in [1.54, 1.807) is 0 Å². The predicted octanol–water partition coefficient (Wildman–Crippen LogP) is 2.43. The molecule has 2 N–H and O–H groups in total. The van der Waals surface area contributed by atoms with Crippen LogP contribution in [0.4, 0.5) is 19.3 Å². The molecule has 1 aromatic carbocycles. The molecule has 2 aliphatic heterocycles. The molecule has 3 atom stereocenters. The number of rotatable bonds is 2. The summed E-state index contributed by atoms with van der Waals surface area (Å²) in [6.07, 6.45) is 1.78. The van der Waals surface area contributed by atoms with Gasteiger partial charge in [0.25, 0.3) is 0 Å². The van der Waals surface area contributed by atoms with Crippen molar-refractivity contribution in [1.29, 1.82) is 0 Å². The van der Waals surface area contributed by atoms with Gasteiger partial charge in [0.05, 0.1) is 11.6 Å². The van der Waals surface area contributed by atoms with Crippen molar-refractivity contribution in [3.05, 3.63) is 29.8 Å². The maximum absolute atomic E-state index is 13.6. The van der Waals surface area contributed by atoms with E-state index in [2.05, 4.69) is 5.32 Å². The van der Waals surface area contributed by atoms with Crippen LogP contribution < -0.4 is 5.32 Å². The maximum Gasteiger partial charge on any atom is 0.322 e. The third-order valence-corrected chi connectivity index (χ3v) is 4.28. The van der Waals surface area contributed by atoms with Gasteiger partial charge in [-0.1, -0.05) is 6.07 Å². The molecule has 0 aromatic heterocycles. The van der Waals surface area contributed by atoms with Crippen molar-refractivity contribution in [2.75, 3.05) is 5.32 Å². The summed E-state index contributed by atoms with van der Waals surface area (Å²) in [4.78, 5) is 24.9. The topological polar surface area (TPSA) is 69.6 Å². The summed E-state index contributed by atoms with van der Waals surface area (Å²) >= 11 is 0. The number of benzene rings is 1. The van der Waals surface area contributed by atoms with E-state index in [4.69, 9.17) is 5.11 Å². The Morgan fingerprint density at radius 2 is 2.05 bits per heavy atom. The Hall–Kier alpha value is -2.18. The Labute approximate surface area is 119 Å². The fraction of sp³-hybridized carbons (Fsp3) is 0.429. The first kappa shape index (κ1) is 13.8. The minimum absolute atomic E-state index is 0.146. The quantitative estimate of drug-likeness (QED) is 0.880. The van der Waals surface area contributed by atoms with Crippen molar-refractivity contribution in [3.8, 4) is 0 Å². The van der Waals surface area contributed by atoms with Crippen LogP contribution in [0.3, 0.4) is 0 Å². The molecule has 2 fully saturated rings. The first-order valence-electron chi connectivity index (χ1n) is 6.75. The highest BCUT2D eigenvalue weighted by Crippen LogP contribution is 2.42. The molecule has 0 aliphatic carbocycles. The fourth-order valence-corrected chi connectivity index (χ4v) is 3.35. The Bertz CT molecular complexity index is 608. The van der Waals surface area contributed by atoms with Gasteiger partial charge in [-0.05, 0) is 31.4 Å². The second kappa shape index (κ2) is 4.98. The molecule has 1 aromatic rings. The lowest BCUT2D eigenvalue weighted by Crippen LogP contribution is -2.40. The van der Waals surface area contributed by atoms with Gasteiger partial charge in [-0.3, -0.25) is 4.79 Å². The number of nitrogens with zero attached hydrogens (tertiary/aromatic N) is 1. The summed E-state index contributed by atoms with van der Waals surface area (Å²) in [6.45, 7) is 0. The molecule has 112 valence electrons. The minimum Gasteiger partial charge on any atom is -0.481 e. The average molecular weight is 296 g/mol. The molecule has 0 spiro atoms. The van der Waals surface area contributed by atoms with Gasteiger partial charge in [-0.15, -0.1) is 0 Å². The van der Waals surface area contributed by atoms with E-state index in [0.29, 0.717) is 12.8 Å². The van der Waals surface area contributed by atoms with Crippen LogP contribution in [0.25, 0.3) is 0 Å². The van der Waals surface area contributed by atoms with E-state index in [0.717, 1.165) is 12.5 Å². The van der Waals surface area contributed by atoms with Gasteiger partial charge in [-0.25, -0.2) is 13.6 Å². The average Bonchev–Trinajstić information content (AvgIpc) is 3.01. The molecule has 0 radical (unpaired) electrons. The zero-order chi connectivity index (χ0) is 15.1. The van der Waals surface area contributed by atoms with Crippen molar-refractivity contribution < 1.29 is 23.5 Å². The lowest BCUT2D eigenvalue weighted by Gasteiger charge is -2.23. The van der Waals surface area contributed by atoms with Gasteiger partial charge >= 0.3 is 12.0 Å². The van der Waals surface area contributed by atoms with Crippen LogP contribution in [0.1, 0.15) is 19.3 Å². The van der Waals surface area contributed by atoms with E-state index in [9.17, 15) is 18.4 Å². The van der Waals surface area contributed by atoms with Gasteiger partial charge < -0.3 is 15.3 Å². The van der Waals surface area contributed by atoms with Crippen LogP contribution >= 0.6 is 0 Å². The van der Waals surface area contributed by atoms with Gasteiger partial charge in [0.15, 0.2) is 11.6 Å². The number of nitrogens with one attached hydrogen (secondary N) is 1. The molecular formula is C14H14F2N2O3. The summed E-state index contributed by atoms with van der Waals surface area (Å²) < 4.78 is 26.7. The Morgan fingerprint density at radius 3 is 2.71 bits per heavy atom. The van der Waals surface area contributed by atoms with Crippen LogP contribution in [0.15, 0.2) is 18.2 Å². The molecule has 2 aliphatic rings. The number of halogens is 2. The molecule has 3 rings (SSSR count). The third kappa shape index (κ3) is 2.22. The second-order valence-corrected chi connectivity index (χ2v) is 5.42. The van der Waals surface area contributed by atoms with Crippen molar-refractivity contribution in [1.82, 2.24) is 4.90 Å². The first-order valence-corrected chi connectivity index (χ1v) is 6.75. The summed E-state index contributed by atoms with van der Waals surface area (Å²) in [5.74, 6) is -3.66. The van der Waals surface area contributed by atoms with E-state index in [-0.39, 0.29) is 17.8 Å². The van der Waals surface area contributed by atoms with Crippen LogP contribution in [-0.4, -0.2) is 34.1 Å². The predicted molar refractivity (Wildman–Crippen MR) is 69.8 cm³/mol. The number of hydrogen-bond acceptors (Lipinski definition) is 2. The number of carbonyl (C=O) groups is 2.